The van der Waals surface area contributed by atoms with E-state index in [-0.39, 0.29) is 5.75 Å². The number of methoxy groups -OCH3 is 1. The van der Waals surface area contributed by atoms with Crippen molar-refractivity contribution < 1.29 is 9.84 Å². The summed E-state index contributed by atoms with van der Waals surface area (Å²) in [5.41, 5.74) is 0.633. The van der Waals surface area contributed by atoms with Crippen LogP contribution in [0.2, 0.25) is 0 Å². The predicted molar refractivity (Wildman–Crippen MR) is 69.3 cm³/mol. The molecule has 1 heterocycles. The second kappa shape index (κ2) is 4.13. The number of aromatic hydroxyl groups is 1. The van der Waals surface area contributed by atoms with Crippen LogP contribution in [-0.2, 0) is 0 Å². The number of hydrogen-bond acceptors (Lipinski definition) is 4. The molecule has 0 amide bonds. The molecule has 1 aromatic heterocycles. The first-order valence-electron chi connectivity index (χ1n) is 5.75. The molecule has 6 heteroatoms. The van der Waals surface area contributed by atoms with Crippen LogP contribution in [0.1, 0.15) is 18.9 Å². The Balaban J connectivity index is 2.17. The van der Waals surface area contributed by atoms with Crippen LogP contribution in [0.4, 0.5) is 0 Å². The number of aromatic nitrogens is 3. The maximum Gasteiger partial charge on any atom is 0.195 e. The fourth-order valence-electron chi connectivity index (χ4n) is 1.99. The summed E-state index contributed by atoms with van der Waals surface area (Å²) in [4.78, 5) is 0. The molecule has 0 bridgehead atoms. The Morgan fingerprint density at radius 2 is 2.28 bits per heavy atom. The van der Waals surface area contributed by atoms with Crippen LogP contribution >= 0.6 is 12.2 Å². The van der Waals surface area contributed by atoms with Gasteiger partial charge in [-0.3, -0.25) is 9.67 Å². The van der Waals surface area contributed by atoms with E-state index in [0.717, 1.165) is 12.8 Å². The molecule has 1 aliphatic carbocycles. The quantitative estimate of drug-likeness (QED) is 0.836. The molecule has 1 aliphatic rings. The minimum atomic E-state index is 0.173. The number of H-pyrrole nitrogens is 1. The number of phenolic OH excluding ortho intramolecular Hbond substituents is 1. The first kappa shape index (κ1) is 11.3. The van der Waals surface area contributed by atoms with E-state index in [1.54, 1.807) is 25.3 Å². The number of ether oxygens (including phenoxy) is 1. The topological polar surface area (TPSA) is 63.1 Å². The van der Waals surface area contributed by atoms with Gasteiger partial charge in [0.15, 0.2) is 10.6 Å². The molecule has 18 heavy (non-hydrogen) atoms. The Labute approximate surface area is 109 Å². The van der Waals surface area contributed by atoms with E-state index in [4.69, 9.17) is 17.0 Å². The highest BCUT2D eigenvalue weighted by Gasteiger charge is 2.28. The lowest BCUT2D eigenvalue weighted by Crippen LogP contribution is -1.98. The van der Waals surface area contributed by atoms with Crippen molar-refractivity contribution in [3.8, 4) is 22.9 Å². The highest BCUT2D eigenvalue weighted by Crippen LogP contribution is 2.40. The molecule has 0 radical (unpaired) electrons. The van der Waals surface area contributed by atoms with E-state index in [1.807, 2.05) is 4.57 Å². The molecule has 94 valence electrons. The SMILES string of the molecule is COc1ccc(O)c(-c2n[nH]c(=S)n2C2CC2)c1. The van der Waals surface area contributed by atoms with E-state index in [1.165, 1.54) is 0 Å². The highest BCUT2D eigenvalue weighted by atomic mass is 32.1. The number of benzene rings is 1. The molecule has 1 aromatic carbocycles. The van der Waals surface area contributed by atoms with Gasteiger partial charge in [0.2, 0.25) is 0 Å². The maximum atomic E-state index is 9.96. The van der Waals surface area contributed by atoms with E-state index in [2.05, 4.69) is 10.2 Å². The zero-order valence-corrected chi connectivity index (χ0v) is 10.7. The molecule has 3 rings (SSSR count). The van der Waals surface area contributed by atoms with Crippen molar-refractivity contribution in [3.05, 3.63) is 23.0 Å². The van der Waals surface area contributed by atoms with Crippen molar-refractivity contribution in [2.24, 2.45) is 0 Å². The van der Waals surface area contributed by atoms with Gasteiger partial charge in [0, 0.05) is 6.04 Å². The van der Waals surface area contributed by atoms with Crippen LogP contribution in [0.5, 0.6) is 11.5 Å². The Morgan fingerprint density at radius 1 is 1.50 bits per heavy atom. The van der Waals surface area contributed by atoms with Crippen LogP contribution in [0.3, 0.4) is 0 Å². The van der Waals surface area contributed by atoms with E-state index < -0.39 is 0 Å². The average Bonchev–Trinajstić information content (AvgIpc) is 3.14. The Morgan fingerprint density at radius 3 is 2.94 bits per heavy atom. The van der Waals surface area contributed by atoms with Gasteiger partial charge < -0.3 is 9.84 Å². The summed E-state index contributed by atoms with van der Waals surface area (Å²) in [6.45, 7) is 0. The maximum absolute atomic E-state index is 9.96. The lowest BCUT2D eigenvalue weighted by Gasteiger charge is -2.08. The number of nitrogens with one attached hydrogen (secondary N) is 1. The van der Waals surface area contributed by atoms with Crippen LogP contribution in [-0.4, -0.2) is 27.0 Å². The van der Waals surface area contributed by atoms with Crippen LogP contribution < -0.4 is 4.74 Å². The third-order valence-electron chi connectivity index (χ3n) is 3.06. The summed E-state index contributed by atoms with van der Waals surface area (Å²) in [5.74, 6) is 1.52. The largest absolute Gasteiger partial charge is 0.507 e. The third kappa shape index (κ3) is 1.78. The molecule has 0 unspecified atom stereocenters. The number of rotatable bonds is 3. The normalized spacial score (nSPS) is 14.7. The van der Waals surface area contributed by atoms with Crippen molar-refractivity contribution in [2.75, 3.05) is 7.11 Å². The first-order chi connectivity index (χ1) is 8.70. The third-order valence-corrected chi connectivity index (χ3v) is 3.35. The van der Waals surface area contributed by atoms with Crippen molar-refractivity contribution in [2.45, 2.75) is 18.9 Å². The monoisotopic (exact) mass is 263 g/mol. The summed E-state index contributed by atoms with van der Waals surface area (Å²) >= 11 is 5.23. The summed E-state index contributed by atoms with van der Waals surface area (Å²) < 4.78 is 7.72. The number of hydrogen-bond donors (Lipinski definition) is 2. The van der Waals surface area contributed by atoms with Gasteiger partial charge in [0.05, 0.1) is 12.7 Å². The van der Waals surface area contributed by atoms with Gasteiger partial charge in [0.1, 0.15) is 11.5 Å². The fraction of sp³-hybridized carbons (Fsp3) is 0.333. The predicted octanol–water partition coefficient (Wildman–Crippen LogP) is 2.66. The summed E-state index contributed by atoms with van der Waals surface area (Å²) in [6, 6.07) is 5.47. The minimum absolute atomic E-state index is 0.173. The summed E-state index contributed by atoms with van der Waals surface area (Å²) in [6.07, 6.45) is 2.21. The Kier molecular flexibility index (Phi) is 2.59. The summed E-state index contributed by atoms with van der Waals surface area (Å²) in [7, 11) is 1.59. The minimum Gasteiger partial charge on any atom is -0.507 e. The lowest BCUT2D eigenvalue weighted by atomic mass is 10.1. The van der Waals surface area contributed by atoms with E-state index in [9.17, 15) is 5.11 Å². The molecular formula is C12H13N3O2S. The molecule has 0 atom stereocenters. The second-order valence-electron chi connectivity index (χ2n) is 4.34. The molecule has 2 aromatic rings. The lowest BCUT2D eigenvalue weighted by molar-refractivity contribution is 0.412. The van der Waals surface area contributed by atoms with E-state index >= 15 is 0 Å². The van der Waals surface area contributed by atoms with Crippen molar-refractivity contribution in [3.63, 3.8) is 0 Å². The molecule has 0 spiro atoms. The van der Waals surface area contributed by atoms with Crippen LogP contribution in [0.25, 0.3) is 11.4 Å². The van der Waals surface area contributed by atoms with Crippen LogP contribution in [0.15, 0.2) is 18.2 Å². The number of phenols is 1. The van der Waals surface area contributed by atoms with Crippen molar-refractivity contribution in [1.82, 2.24) is 14.8 Å². The Bertz CT molecular complexity index is 643. The van der Waals surface area contributed by atoms with Gasteiger partial charge in [-0.05, 0) is 43.3 Å². The zero-order valence-electron chi connectivity index (χ0n) is 9.88. The molecular weight excluding hydrogens is 250 g/mol. The average molecular weight is 263 g/mol. The van der Waals surface area contributed by atoms with Gasteiger partial charge in [-0.1, -0.05) is 0 Å². The molecule has 2 N–H and O–H groups in total. The van der Waals surface area contributed by atoms with Crippen molar-refractivity contribution in [1.29, 1.82) is 0 Å². The second-order valence-corrected chi connectivity index (χ2v) is 4.72. The standard InChI is InChI=1S/C12H13N3O2S/c1-17-8-4-5-10(16)9(6-8)11-13-14-12(18)15(11)7-2-3-7/h4-7,16H,2-3H2,1H3,(H,14,18). The number of aromatic amines is 1. The van der Waals surface area contributed by atoms with Gasteiger partial charge in [-0.2, -0.15) is 5.10 Å². The Hall–Kier alpha value is -1.82. The molecule has 0 aliphatic heterocycles. The molecule has 0 saturated heterocycles. The van der Waals surface area contributed by atoms with Gasteiger partial charge >= 0.3 is 0 Å². The van der Waals surface area contributed by atoms with Gasteiger partial charge in [-0.15, -0.1) is 0 Å². The van der Waals surface area contributed by atoms with Gasteiger partial charge in [-0.25, -0.2) is 0 Å². The number of nitrogens with zero attached hydrogens (tertiary/aromatic N) is 2. The molecule has 1 saturated carbocycles. The van der Waals surface area contributed by atoms with Gasteiger partial charge in [0.25, 0.3) is 0 Å². The molecule has 5 nitrogen and oxygen atoms in total. The van der Waals surface area contributed by atoms with Crippen molar-refractivity contribution >= 4 is 12.2 Å². The fourth-order valence-corrected chi connectivity index (χ4v) is 2.27. The highest BCUT2D eigenvalue weighted by molar-refractivity contribution is 7.71. The first-order valence-corrected chi connectivity index (χ1v) is 6.16. The van der Waals surface area contributed by atoms with E-state index in [0.29, 0.717) is 28.0 Å². The molecule has 1 fully saturated rings. The smallest absolute Gasteiger partial charge is 0.195 e. The zero-order chi connectivity index (χ0) is 12.7. The summed E-state index contributed by atoms with van der Waals surface area (Å²) in [5, 5.41) is 17.0. The van der Waals surface area contributed by atoms with Crippen LogP contribution in [0, 0.1) is 4.77 Å².